The molecule has 366 valence electrons. The highest BCUT2D eigenvalue weighted by molar-refractivity contribution is 7.47. The van der Waals surface area contributed by atoms with Crippen LogP contribution in [0.1, 0.15) is 245 Å². The highest BCUT2D eigenvalue weighted by atomic mass is 31.2. The molecule has 0 radical (unpaired) electrons. The number of phosphoric ester groups is 1. The van der Waals surface area contributed by atoms with Crippen LogP contribution >= 0.6 is 7.82 Å². The largest absolute Gasteiger partial charge is 0.472 e. The minimum absolute atomic E-state index is 0.0241. The number of allylic oxidation sites excluding steroid dienone is 4. The lowest BCUT2D eigenvalue weighted by Crippen LogP contribution is -2.37. The Morgan fingerprint density at radius 2 is 0.855 bits per heavy atom. The van der Waals surface area contributed by atoms with E-state index in [1.54, 1.807) is 0 Å². The fraction of sp³-hybridized carbons (Fsp3) is 0.885. The maximum atomic E-state index is 12.7. The molecule has 0 saturated heterocycles. The van der Waals surface area contributed by atoms with E-state index in [1.165, 1.54) is 180 Å². The lowest BCUT2D eigenvalue weighted by molar-refractivity contribution is -0.870. The van der Waals surface area contributed by atoms with Gasteiger partial charge in [-0.05, 0) is 44.9 Å². The predicted molar refractivity (Wildman–Crippen MR) is 261 cm³/mol. The standard InChI is InChI=1S/C52H100NO8P/c1-6-8-10-12-14-16-18-20-22-23-24-25-26-27-28-29-31-32-34-36-38-40-42-44-51(54)58-48-50(49-60-62(56,57)59-47-46-53(3,4)5)61-52(55)45-43-41-39-37-35-33-30-21-19-17-15-13-11-9-7-2/h36,38-39,41,50H,6-35,37,40,42-49H2,1-5H3/p+1/b38-36+,41-39+/t50-/m0/s1. The summed E-state index contributed by atoms with van der Waals surface area (Å²) in [6.07, 6.45) is 51.2. The molecule has 0 aliphatic carbocycles. The quantitative estimate of drug-likeness (QED) is 0.0211. The third-order valence-electron chi connectivity index (χ3n) is 11.5. The van der Waals surface area contributed by atoms with E-state index < -0.39 is 32.5 Å². The number of hydrogen-bond acceptors (Lipinski definition) is 7. The molecular weight excluding hydrogens is 798 g/mol. The number of phosphoric acid groups is 1. The van der Waals surface area contributed by atoms with Gasteiger partial charge in [0.1, 0.15) is 19.8 Å². The van der Waals surface area contributed by atoms with Crippen LogP contribution in [0, 0.1) is 0 Å². The first kappa shape index (κ1) is 60.5. The Bertz CT molecular complexity index is 1110. The van der Waals surface area contributed by atoms with Gasteiger partial charge in [0.05, 0.1) is 27.7 Å². The third kappa shape index (κ3) is 48.0. The fourth-order valence-electron chi connectivity index (χ4n) is 7.39. The number of nitrogens with zero attached hydrogens (tertiary/aromatic N) is 1. The van der Waals surface area contributed by atoms with E-state index in [0.717, 1.165) is 25.7 Å². The van der Waals surface area contributed by atoms with Crippen LogP contribution in [0.5, 0.6) is 0 Å². The molecule has 62 heavy (non-hydrogen) atoms. The average molecular weight is 899 g/mol. The molecule has 0 aromatic carbocycles. The van der Waals surface area contributed by atoms with Crippen LogP contribution in [-0.4, -0.2) is 74.9 Å². The number of rotatable bonds is 48. The smallest absolute Gasteiger partial charge is 0.462 e. The number of unbranched alkanes of at least 4 members (excludes halogenated alkanes) is 30. The van der Waals surface area contributed by atoms with Gasteiger partial charge in [0.2, 0.25) is 0 Å². The Hall–Kier alpha value is -1.51. The summed E-state index contributed by atoms with van der Waals surface area (Å²) in [5.74, 6) is -0.882. The summed E-state index contributed by atoms with van der Waals surface area (Å²) in [6, 6.07) is 0. The first-order chi connectivity index (χ1) is 30.0. The molecule has 0 rings (SSSR count). The lowest BCUT2D eigenvalue weighted by Gasteiger charge is -2.24. The Labute approximate surface area is 383 Å². The zero-order valence-electron chi connectivity index (χ0n) is 41.4. The average Bonchev–Trinajstić information content (AvgIpc) is 3.23. The highest BCUT2D eigenvalue weighted by Gasteiger charge is 2.27. The SMILES string of the molecule is CCCCCCCCCCCCC/C=C/CCC(=O)O[C@@H](COC(=O)CCC/C=C/CCCCCCCCCCCCCCCCCCCC)COP(=O)(O)OCC[N+](C)(C)C. The van der Waals surface area contributed by atoms with E-state index in [-0.39, 0.29) is 26.1 Å². The van der Waals surface area contributed by atoms with Gasteiger partial charge in [-0.3, -0.25) is 18.6 Å². The van der Waals surface area contributed by atoms with E-state index in [1.807, 2.05) is 27.2 Å². The number of hydrogen-bond donors (Lipinski definition) is 1. The van der Waals surface area contributed by atoms with Crippen molar-refractivity contribution < 1.29 is 42.1 Å². The summed E-state index contributed by atoms with van der Waals surface area (Å²) in [5, 5.41) is 0. The lowest BCUT2D eigenvalue weighted by atomic mass is 10.0. The number of quaternary nitrogens is 1. The van der Waals surface area contributed by atoms with Crippen molar-refractivity contribution in [3.05, 3.63) is 24.3 Å². The molecular formula is C52H101NO8P+. The van der Waals surface area contributed by atoms with E-state index in [4.69, 9.17) is 18.5 Å². The molecule has 0 heterocycles. The van der Waals surface area contributed by atoms with Gasteiger partial charge in [-0.15, -0.1) is 0 Å². The molecule has 0 aromatic rings. The second-order valence-electron chi connectivity index (χ2n) is 18.9. The second kappa shape index (κ2) is 44.7. The fourth-order valence-corrected chi connectivity index (χ4v) is 8.13. The molecule has 0 amide bonds. The molecule has 0 aliphatic rings. The maximum Gasteiger partial charge on any atom is 0.472 e. The summed E-state index contributed by atoms with van der Waals surface area (Å²) >= 11 is 0. The Morgan fingerprint density at radius 3 is 1.26 bits per heavy atom. The second-order valence-corrected chi connectivity index (χ2v) is 20.4. The molecule has 1 N–H and O–H groups in total. The summed E-state index contributed by atoms with van der Waals surface area (Å²) in [4.78, 5) is 35.5. The minimum Gasteiger partial charge on any atom is -0.462 e. The van der Waals surface area contributed by atoms with Crippen molar-refractivity contribution >= 4 is 19.8 Å². The van der Waals surface area contributed by atoms with E-state index in [0.29, 0.717) is 23.9 Å². The van der Waals surface area contributed by atoms with Crippen molar-refractivity contribution in [1.29, 1.82) is 0 Å². The van der Waals surface area contributed by atoms with Gasteiger partial charge in [-0.25, -0.2) is 4.57 Å². The minimum atomic E-state index is -4.39. The normalized spacial score (nSPS) is 13.6. The molecule has 0 aliphatic heterocycles. The topological polar surface area (TPSA) is 108 Å². The number of carbonyl (C=O) groups is 2. The summed E-state index contributed by atoms with van der Waals surface area (Å²) in [5.41, 5.74) is 0. The van der Waals surface area contributed by atoms with Crippen LogP contribution in [0.3, 0.4) is 0 Å². The van der Waals surface area contributed by atoms with Gasteiger partial charge in [0.25, 0.3) is 0 Å². The summed E-state index contributed by atoms with van der Waals surface area (Å²) < 4.78 is 34.3. The monoisotopic (exact) mass is 899 g/mol. The Kier molecular flexibility index (Phi) is 43.6. The summed E-state index contributed by atoms with van der Waals surface area (Å²) in [7, 11) is 1.45. The van der Waals surface area contributed by atoms with E-state index in [9.17, 15) is 19.0 Å². The van der Waals surface area contributed by atoms with Crippen molar-refractivity contribution in [3.63, 3.8) is 0 Å². The van der Waals surface area contributed by atoms with Crippen LogP contribution in [0.4, 0.5) is 0 Å². The zero-order valence-corrected chi connectivity index (χ0v) is 42.3. The van der Waals surface area contributed by atoms with Gasteiger partial charge in [0, 0.05) is 12.8 Å². The van der Waals surface area contributed by atoms with Crippen molar-refractivity contribution in [2.75, 3.05) is 47.5 Å². The van der Waals surface area contributed by atoms with E-state index >= 15 is 0 Å². The molecule has 1 unspecified atom stereocenters. The Morgan fingerprint density at radius 1 is 0.484 bits per heavy atom. The van der Waals surface area contributed by atoms with Crippen molar-refractivity contribution in [3.8, 4) is 0 Å². The first-order valence-corrected chi connectivity index (χ1v) is 27.6. The molecule has 0 fully saturated rings. The zero-order chi connectivity index (χ0) is 45.7. The number of likely N-dealkylation sites (N-methyl/N-ethyl adjacent to an activating group) is 1. The molecule has 10 heteroatoms. The van der Waals surface area contributed by atoms with Crippen molar-refractivity contribution in [2.24, 2.45) is 0 Å². The van der Waals surface area contributed by atoms with Crippen molar-refractivity contribution in [2.45, 2.75) is 251 Å². The van der Waals surface area contributed by atoms with Crippen LogP contribution in [0.2, 0.25) is 0 Å². The third-order valence-corrected chi connectivity index (χ3v) is 12.5. The van der Waals surface area contributed by atoms with Gasteiger partial charge in [-0.1, -0.05) is 212 Å². The predicted octanol–water partition coefficient (Wildman–Crippen LogP) is 15.5. The van der Waals surface area contributed by atoms with Crippen LogP contribution < -0.4 is 0 Å². The van der Waals surface area contributed by atoms with Gasteiger partial charge >= 0.3 is 19.8 Å². The molecule has 0 saturated carbocycles. The number of esters is 2. The molecule has 2 atom stereocenters. The van der Waals surface area contributed by atoms with Gasteiger partial charge < -0.3 is 18.9 Å². The van der Waals surface area contributed by atoms with Crippen LogP contribution in [-0.2, 0) is 32.7 Å². The van der Waals surface area contributed by atoms with Gasteiger partial charge in [0.15, 0.2) is 6.10 Å². The Balaban J connectivity index is 4.23. The number of carbonyl (C=O) groups excluding carboxylic acids is 2. The molecule has 0 bridgehead atoms. The first-order valence-electron chi connectivity index (χ1n) is 26.1. The molecule has 0 aromatic heterocycles. The maximum absolute atomic E-state index is 12.7. The molecule has 0 spiro atoms. The highest BCUT2D eigenvalue weighted by Crippen LogP contribution is 2.43. The summed E-state index contributed by atoms with van der Waals surface area (Å²) in [6.45, 7) is 4.39. The van der Waals surface area contributed by atoms with Crippen molar-refractivity contribution in [1.82, 2.24) is 0 Å². The van der Waals surface area contributed by atoms with Gasteiger partial charge in [-0.2, -0.15) is 0 Å². The van der Waals surface area contributed by atoms with Crippen LogP contribution in [0.15, 0.2) is 24.3 Å². The number of ether oxygens (including phenoxy) is 2. The van der Waals surface area contributed by atoms with Crippen LogP contribution in [0.25, 0.3) is 0 Å². The van der Waals surface area contributed by atoms with E-state index in [2.05, 4.69) is 32.1 Å². The molecule has 9 nitrogen and oxygen atoms in total.